The molecule has 1 aliphatic rings. The summed E-state index contributed by atoms with van der Waals surface area (Å²) in [5.41, 5.74) is 1.79. The van der Waals surface area contributed by atoms with E-state index in [1.54, 1.807) is 11.8 Å². The first-order chi connectivity index (χ1) is 12.4. The number of nitrogens with zero attached hydrogens (tertiary/aromatic N) is 2. The highest BCUT2D eigenvalue weighted by Crippen LogP contribution is 2.30. The van der Waals surface area contributed by atoms with Crippen LogP contribution in [0.25, 0.3) is 11.0 Å². The van der Waals surface area contributed by atoms with Gasteiger partial charge < -0.3 is 14.1 Å². The molecular weight excluding hydrogens is 332 g/mol. The highest BCUT2D eigenvalue weighted by molar-refractivity contribution is 5.86. The number of ether oxygens (including phenoxy) is 1. The Morgan fingerprint density at radius 2 is 2.19 bits per heavy atom. The van der Waals surface area contributed by atoms with E-state index in [4.69, 9.17) is 14.4 Å². The van der Waals surface area contributed by atoms with E-state index >= 15 is 0 Å². The van der Waals surface area contributed by atoms with Gasteiger partial charge in [-0.2, -0.15) is 5.26 Å². The lowest BCUT2D eigenvalue weighted by atomic mass is 10.0. The van der Waals surface area contributed by atoms with Crippen molar-refractivity contribution in [3.05, 3.63) is 39.7 Å². The maximum Gasteiger partial charge on any atom is 0.336 e. The topological polar surface area (TPSA) is 83.5 Å². The molecule has 26 heavy (non-hydrogen) atoms. The Morgan fingerprint density at radius 3 is 2.85 bits per heavy atom. The molecule has 0 spiro atoms. The Hall–Kier alpha value is -2.81. The lowest BCUT2D eigenvalue weighted by Gasteiger charge is -2.36. The minimum Gasteiger partial charge on any atom is -0.480 e. The number of carbonyl (C=O) groups excluding carboxylic acids is 1. The fourth-order valence-electron chi connectivity index (χ4n) is 3.25. The lowest BCUT2D eigenvalue weighted by molar-refractivity contribution is -0.143. The first-order valence-corrected chi connectivity index (χ1v) is 8.86. The molecule has 1 aromatic heterocycles. The van der Waals surface area contributed by atoms with Gasteiger partial charge in [0.05, 0.1) is 12.0 Å². The van der Waals surface area contributed by atoms with Crippen LogP contribution in [0.4, 0.5) is 0 Å². The van der Waals surface area contributed by atoms with Crippen LogP contribution in [-0.4, -0.2) is 30.0 Å². The standard InChI is InChI=1S/C20H22N2O4/c1-4-5-15-8-18(23)26-19-12(2)17(7-6-16(15)19)25-13(3)20(24)22-10-14(9-21)11-22/h6-8,13-14H,4-5,10-11H2,1-3H3. The minimum absolute atomic E-state index is 0.0835. The third kappa shape index (κ3) is 3.30. The summed E-state index contributed by atoms with van der Waals surface area (Å²) < 4.78 is 11.2. The number of fused-ring (bicyclic) bond motifs is 1. The number of hydrogen-bond acceptors (Lipinski definition) is 5. The van der Waals surface area contributed by atoms with Gasteiger partial charge in [0, 0.05) is 30.1 Å². The highest BCUT2D eigenvalue weighted by atomic mass is 16.5. The van der Waals surface area contributed by atoms with Crippen LogP contribution in [-0.2, 0) is 11.2 Å². The fraction of sp³-hybridized carbons (Fsp3) is 0.450. The number of likely N-dealkylation sites (tertiary alicyclic amines) is 1. The van der Waals surface area contributed by atoms with Gasteiger partial charge in [0.1, 0.15) is 11.3 Å². The molecule has 0 N–H and O–H groups in total. The van der Waals surface area contributed by atoms with Crippen molar-refractivity contribution in [1.29, 1.82) is 5.26 Å². The van der Waals surface area contributed by atoms with Crippen LogP contribution in [0.15, 0.2) is 27.4 Å². The van der Waals surface area contributed by atoms with Crippen molar-refractivity contribution in [2.45, 2.75) is 39.7 Å². The molecule has 6 nitrogen and oxygen atoms in total. The van der Waals surface area contributed by atoms with Gasteiger partial charge in [-0.15, -0.1) is 0 Å². The second-order valence-corrected chi connectivity index (χ2v) is 6.74. The second kappa shape index (κ2) is 7.20. The van der Waals surface area contributed by atoms with E-state index in [1.807, 2.05) is 19.1 Å². The van der Waals surface area contributed by atoms with E-state index in [0.717, 1.165) is 23.8 Å². The first kappa shape index (κ1) is 18.0. The average Bonchev–Trinajstić information content (AvgIpc) is 2.57. The van der Waals surface area contributed by atoms with E-state index in [9.17, 15) is 9.59 Å². The molecule has 136 valence electrons. The van der Waals surface area contributed by atoms with E-state index in [2.05, 4.69) is 13.0 Å². The predicted molar refractivity (Wildman–Crippen MR) is 97.0 cm³/mol. The number of aryl methyl sites for hydroxylation is 2. The van der Waals surface area contributed by atoms with E-state index < -0.39 is 6.10 Å². The zero-order valence-corrected chi connectivity index (χ0v) is 15.2. The summed E-state index contributed by atoms with van der Waals surface area (Å²) in [5, 5.41) is 9.72. The van der Waals surface area contributed by atoms with Crippen molar-refractivity contribution in [2.24, 2.45) is 5.92 Å². The first-order valence-electron chi connectivity index (χ1n) is 8.86. The highest BCUT2D eigenvalue weighted by Gasteiger charge is 2.33. The SMILES string of the molecule is CCCc1cc(=O)oc2c(C)c(OC(C)C(=O)N3CC(C#N)C3)ccc12. The van der Waals surface area contributed by atoms with Crippen LogP contribution in [0.1, 0.15) is 31.4 Å². The quantitative estimate of drug-likeness (QED) is 0.771. The maximum atomic E-state index is 12.4. The summed E-state index contributed by atoms with van der Waals surface area (Å²) >= 11 is 0. The van der Waals surface area contributed by atoms with Gasteiger partial charge in [-0.05, 0) is 38.0 Å². The van der Waals surface area contributed by atoms with Gasteiger partial charge in [-0.25, -0.2) is 4.79 Å². The van der Waals surface area contributed by atoms with Crippen LogP contribution < -0.4 is 10.4 Å². The molecule has 0 bridgehead atoms. The number of benzene rings is 1. The van der Waals surface area contributed by atoms with Crippen molar-refractivity contribution in [3.8, 4) is 11.8 Å². The third-order valence-electron chi connectivity index (χ3n) is 4.74. The number of hydrogen-bond donors (Lipinski definition) is 0. The van der Waals surface area contributed by atoms with Crippen LogP contribution in [0, 0.1) is 24.2 Å². The normalized spacial score (nSPS) is 15.4. The number of carbonyl (C=O) groups is 1. The zero-order chi connectivity index (χ0) is 18.8. The molecule has 2 heterocycles. The lowest BCUT2D eigenvalue weighted by Crippen LogP contribution is -2.53. The van der Waals surface area contributed by atoms with Gasteiger partial charge in [0.25, 0.3) is 5.91 Å². The smallest absolute Gasteiger partial charge is 0.336 e. The number of nitriles is 1. The summed E-state index contributed by atoms with van der Waals surface area (Å²) in [4.78, 5) is 25.9. The Morgan fingerprint density at radius 1 is 1.46 bits per heavy atom. The molecule has 1 aliphatic heterocycles. The van der Waals surface area contributed by atoms with E-state index in [-0.39, 0.29) is 17.5 Å². The minimum atomic E-state index is -0.670. The van der Waals surface area contributed by atoms with Gasteiger partial charge in [-0.3, -0.25) is 4.79 Å². The maximum absolute atomic E-state index is 12.4. The van der Waals surface area contributed by atoms with E-state index in [1.165, 1.54) is 6.07 Å². The van der Waals surface area contributed by atoms with Crippen molar-refractivity contribution in [1.82, 2.24) is 4.90 Å². The van der Waals surface area contributed by atoms with Crippen LogP contribution >= 0.6 is 0 Å². The largest absolute Gasteiger partial charge is 0.480 e. The van der Waals surface area contributed by atoms with Gasteiger partial charge in [0.2, 0.25) is 0 Å². The summed E-state index contributed by atoms with van der Waals surface area (Å²) in [6.45, 7) is 6.48. The summed E-state index contributed by atoms with van der Waals surface area (Å²) in [5.74, 6) is 0.296. The molecule has 1 aromatic carbocycles. The Balaban J connectivity index is 1.85. The molecule has 0 radical (unpaired) electrons. The molecule has 1 atom stereocenters. The van der Waals surface area contributed by atoms with E-state index in [0.29, 0.717) is 30.0 Å². The third-order valence-corrected chi connectivity index (χ3v) is 4.74. The summed E-state index contributed by atoms with van der Waals surface area (Å²) in [6.07, 6.45) is 1.06. The predicted octanol–water partition coefficient (Wildman–Crippen LogP) is 2.80. The molecular formula is C20H22N2O4. The van der Waals surface area contributed by atoms with Crippen LogP contribution in [0.3, 0.4) is 0 Å². The zero-order valence-electron chi connectivity index (χ0n) is 15.2. The monoisotopic (exact) mass is 354 g/mol. The Labute approximate surface area is 152 Å². The van der Waals surface area contributed by atoms with Crippen molar-refractivity contribution >= 4 is 16.9 Å². The van der Waals surface area contributed by atoms with Crippen LogP contribution in [0.5, 0.6) is 5.75 Å². The molecule has 1 amide bonds. The van der Waals surface area contributed by atoms with Gasteiger partial charge in [-0.1, -0.05) is 13.3 Å². The molecule has 0 aliphatic carbocycles. The average molecular weight is 354 g/mol. The van der Waals surface area contributed by atoms with Crippen LogP contribution in [0.2, 0.25) is 0 Å². The molecule has 2 aromatic rings. The Kier molecular flexibility index (Phi) is 4.99. The Bertz CT molecular complexity index is 935. The van der Waals surface area contributed by atoms with Crippen molar-refractivity contribution < 1.29 is 13.9 Å². The second-order valence-electron chi connectivity index (χ2n) is 6.74. The summed E-state index contributed by atoms with van der Waals surface area (Å²) in [7, 11) is 0. The molecule has 6 heteroatoms. The number of amides is 1. The molecule has 3 rings (SSSR count). The van der Waals surface area contributed by atoms with Crippen molar-refractivity contribution in [2.75, 3.05) is 13.1 Å². The van der Waals surface area contributed by atoms with Crippen molar-refractivity contribution in [3.63, 3.8) is 0 Å². The molecule has 1 unspecified atom stereocenters. The molecule has 1 fully saturated rings. The summed E-state index contributed by atoms with van der Waals surface area (Å²) in [6, 6.07) is 7.37. The molecule has 0 saturated carbocycles. The molecule has 1 saturated heterocycles. The van der Waals surface area contributed by atoms with Gasteiger partial charge >= 0.3 is 5.63 Å². The number of rotatable bonds is 5. The fourth-order valence-corrected chi connectivity index (χ4v) is 3.25. The van der Waals surface area contributed by atoms with Gasteiger partial charge in [0.15, 0.2) is 6.10 Å².